The Morgan fingerprint density at radius 2 is 1.28 bits per heavy atom. The van der Waals surface area contributed by atoms with Crippen LogP contribution < -0.4 is 0 Å². The van der Waals surface area contributed by atoms with Crippen molar-refractivity contribution in [2.75, 3.05) is 0 Å². The maximum Gasteiger partial charge on any atom is 0.145 e. The molecule has 0 saturated heterocycles. The highest BCUT2D eigenvalue weighted by Gasteiger charge is 2.16. The average Bonchev–Trinajstić information content (AvgIpc) is 3.18. The molecule has 0 fully saturated rings. The van der Waals surface area contributed by atoms with Crippen LogP contribution in [-0.4, -0.2) is 24.5 Å². The molecule has 0 aliphatic rings. The molecule has 5 aromatic heterocycles. The standard InChI is InChI=1S/C26H16BrN5/c27-17-9-10-25-20(14-17)19-6-5-13-30-26(19)32(25)18-15-23(21-7-1-3-11-28-21)31-24(16-18)22-8-2-4-12-29-22/h1-16H. The van der Waals surface area contributed by atoms with Gasteiger partial charge in [-0.05, 0) is 66.7 Å². The summed E-state index contributed by atoms with van der Waals surface area (Å²) in [6.07, 6.45) is 5.39. The maximum atomic E-state index is 4.89. The number of nitrogens with zero attached hydrogens (tertiary/aromatic N) is 5. The lowest BCUT2D eigenvalue weighted by atomic mass is 10.1. The third kappa shape index (κ3) is 3.16. The van der Waals surface area contributed by atoms with Crippen LogP contribution in [0.15, 0.2) is 102 Å². The summed E-state index contributed by atoms with van der Waals surface area (Å²) in [6, 6.07) is 26.2. The Morgan fingerprint density at radius 3 is 1.94 bits per heavy atom. The van der Waals surface area contributed by atoms with E-state index in [4.69, 9.17) is 9.97 Å². The predicted molar refractivity (Wildman–Crippen MR) is 131 cm³/mol. The summed E-state index contributed by atoms with van der Waals surface area (Å²) in [5, 5.41) is 2.23. The fourth-order valence-electron chi connectivity index (χ4n) is 4.02. The van der Waals surface area contributed by atoms with Crippen molar-refractivity contribution in [3.05, 3.63) is 102 Å². The van der Waals surface area contributed by atoms with Crippen LogP contribution in [0, 0.1) is 0 Å². The van der Waals surface area contributed by atoms with E-state index < -0.39 is 0 Å². The molecule has 6 aromatic rings. The molecule has 5 nitrogen and oxygen atoms in total. The summed E-state index contributed by atoms with van der Waals surface area (Å²) < 4.78 is 3.21. The molecule has 5 heterocycles. The molecule has 0 aliphatic heterocycles. The van der Waals surface area contributed by atoms with Gasteiger partial charge in [-0.1, -0.05) is 28.1 Å². The van der Waals surface area contributed by atoms with E-state index in [2.05, 4.69) is 66.9 Å². The van der Waals surface area contributed by atoms with Crippen molar-refractivity contribution in [1.29, 1.82) is 0 Å². The van der Waals surface area contributed by atoms with Gasteiger partial charge in [0, 0.05) is 33.8 Å². The van der Waals surface area contributed by atoms with Gasteiger partial charge in [-0.25, -0.2) is 9.97 Å². The molecule has 0 amide bonds. The van der Waals surface area contributed by atoms with E-state index in [-0.39, 0.29) is 0 Å². The number of aromatic nitrogens is 5. The van der Waals surface area contributed by atoms with Gasteiger partial charge in [-0.15, -0.1) is 0 Å². The van der Waals surface area contributed by atoms with Crippen LogP contribution in [0.5, 0.6) is 0 Å². The Labute approximate surface area is 192 Å². The summed E-state index contributed by atoms with van der Waals surface area (Å²) in [5.41, 5.74) is 6.12. The van der Waals surface area contributed by atoms with Crippen LogP contribution in [0.3, 0.4) is 0 Å². The first-order valence-corrected chi connectivity index (χ1v) is 11.0. The molecule has 0 radical (unpaired) electrons. The smallest absolute Gasteiger partial charge is 0.145 e. The van der Waals surface area contributed by atoms with E-state index in [1.165, 1.54) is 0 Å². The van der Waals surface area contributed by atoms with Gasteiger partial charge in [0.1, 0.15) is 5.65 Å². The van der Waals surface area contributed by atoms with Crippen LogP contribution in [0.25, 0.3) is 50.4 Å². The molecule has 6 heteroatoms. The zero-order valence-corrected chi connectivity index (χ0v) is 18.4. The van der Waals surface area contributed by atoms with Gasteiger partial charge in [-0.2, -0.15) is 0 Å². The van der Waals surface area contributed by atoms with Crippen molar-refractivity contribution >= 4 is 37.9 Å². The Balaban J connectivity index is 1.70. The highest BCUT2D eigenvalue weighted by atomic mass is 79.9. The van der Waals surface area contributed by atoms with E-state index in [1.807, 2.05) is 48.7 Å². The summed E-state index contributed by atoms with van der Waals surface area (Å²) in [4.78, 5) is 18.7. The fraction of sp³-hybridized carbons (Fsp3) is 0. The number of fused-ring (bicyclic) bond motifs is 3. The second-order valence-electron chi connectivity index (χ2n) is 7.40. The van der Waals surface area contributed by atoms with Crippen molar-refractivity contribution in [2.24, 2.45) is 0 Å². The van der Waals surface area contributed by atoms with Crippen LogP contribution in [0.2, 0.25) is 0 Å². The van der Waals surface area contributed by atoms with Gasteiger partial charge in [0.05, 0.1) is 34.0 Å². The number of hydrogen-bond donors (Lipinski definition) is 0. The molecule has 0 spiro atoms. The minimum absolute atomic E-state index is 0.784. The molecule has 0 saturated carbocycles. The lowest BCUT2D eigenvalue weighted by molar-refractivity contribution is 1.11. The highest BCUT2D eigenvalue weighted by molar-refractivity contribution is 9.10. The van der Waals surface area contributed by atoms with Crippen molar-refractivity contribution in [1.82, 2.24) is 24.5 Å². The molecule has 0 N–H and O–H groups in total. The predicted octanol–water partition coefficient (Wildman–Crippen LogP) is 6.46. The van der Waals surface area contributed by atoms with Gasteiger partial charge < -0.3 is 0 Å². The monoisotopic (exact) mass is 477 g/mol. The van der Waals surface area contributed by atoms with Gasteiger partial charge in [0.15, 0.2) is 0 Å². The van der Waals surface area contributed by atoms with Gasteiger partial charge in [0.2, 0.25) is 0 Å². The Bertz CT molecular complexity index is 1520. The lowest BCUT2D eigenvalue weighted by Gasteiger charge is -2.12. The average molecular weight is 478 g/mol. The number of benzene rings is 1. The topological polar surface area (TPSA) is 56.5 Å². The molecule has 0 aliphatic carbocycles. The molecule has 32 heavy (non-hydrogen) atoms. The van der Waals surface area contributed by atoms with Crippen LogP contribution >= 0.6 is 15.9 Å². The zero-order chi connectivity index (χ0) is 21.5. The normalized spacial score (nSPS) is 11.3. The van der Waals surface area contributed by atoms with Crippen molar-refractivity contribution in [3.8, 4) is 28.5 Å². The number of rotatable bonds is 3. The second kappa shape index (κ2) is 7.66. The zero-order valence-electron chi connectivity index (χ0n) is 16.9. The van der Waals surface area contributed by atoms with Gasteiger partial charge in [-0.3, -0.25) is 14.5 Å². The molecular weight excluding hydrogens is 462 g/mol. The maximum absolute atomic E-state index is 4.89. The van der Waals surface area contributed by atoms with Crippen molar-refractivity contribution in [2.45, 2.75) is 0 Å². The Kier molecular flexibility index (Phi) is 4.51. The fourth-order valence-corrected chi connectivity index (χ4v) is 4.38. The number of pyridine rings is 4. The van der Waals surface area contributed by atoms with Gasteiger partial charge >= 0.3 is 0 Å². The lowest BCUT2D eigenvalue weighted by Crippen LogP contribution is -2.00. The first kappa shape index (κ1) is 18.8. The molecule has 0 unspecified atom stereocenters. The van der Waals surface area contributed by atoms with Crippen LogP contribution in [-0.2, 0) is 0 Å². The van der Waals surface area contributed by atoms with Crippen molar-refractivity contribution < 1.29 is 0 Å². The molecule has 0 atom stereocenters. The van der Waals surface area contributed by atoms with Crippen molar-refractivity contribution in [3.63, 3.8) is 0 Å². The van der Waals surface area contributed by atoms with Crippen LogP contribution in [0.1, 0.15) is 0 Å². The Hall–Kier alpha value is -3.90. The SMILES string of the molecule is Brc1ccc2c(c1)c1cccnc1n2-c1cc(-c2ccccn2)nc(-c2ccccn2)c1. The molecule has 0 bridgehead atoms. The summed E-state index contributed by atoms with van der Waals surface area (Å²) >= 11 is 3.61. The highest BCUT2D eigenvalue weighted by Crippen LogP contribution is 2.34. The molecular formula is C26H16BrN5. The molecule has 152 valence electrons. The number of halogens is 1. The van der Waals surface area contributed by atoms with Crippen LogP contribution in [0.4, 0.5) is 0 Å². The summed E-state index contributed by atoms with van der Waals surface area (Å²) in [6.45, 7) is 0. The third-order valence-electron chi connectivity index (χ3n) is 5.41. The van der Waals surface area contributed by atoms with E-state index in [9.17, 15) is 0 Å². The molecule has 6 rings (SSSR count). The first-order valence-electron chi connectivity index (χ1n) is 10.2. The molecule has 1 aromatic carbocycles. The Morgan fingerprint density at radius 1 is 0.594 bits per heavy atom. The summed E-state index contributed by atoms with van der Waals surface area (Å²) in [5.74, 6) is 0. The number of hydrogen-bond acceptors (Lipinski definition) is 4. The van der Waals surface area contributed by atoms with Gasteiger partial charge in [0.25, 0.3) is 0 Å². The second-order valence-corrected chi connectivity index (χ2v) is 8.31. The summed E-state index contributed by atoms with van der Waals surface area (Å²) in [7, 11) is 0. The quantitative estimate of drug-likeness (QED) is 0.293. The third-order valence-corrected chi connectivity index (χ3v) is 5.90. The van der Waals surface area contributed by atoms with E-state index in [0.29, 0.717) is 0 Å². The van der Waals surface area contributed by atoms with E-state index >= 15 is 0 Å². The minimum Gasteiger partial charge on any atom is -0.294 e. The van der Waals surface area contributed by atoms with E-state index in [1.54, 1.807) is 12.4 Å². The minimum atomic E-state index is 0.784. The largest absolute Gasteiger partial charge is 0.294 e. The van der Waals surface area contributed by atoms with E-state index in [0.717, 1.165) is 54.9 Å². The first-order chi connectivity index (χ1) is 15.8.